The van der Waals surface area contributed by atoms with Crippen molar-refractivity contribution in [3.63, 3.8) is 0 Å². The summed E-state index contributed by atoms with van der Waals surface area (Å²) in [5.41, 5.74) is 0.0707. The summed E-state index contributed by atoms with van der Waals surface area (Å²) in [6, 6.07) is 12.2. The van der Waals surface area contributed by atoms with E-state index in [1.165, 1.54) is 53.2 Å². The number of nitrogens with zero attached hydrogens (tertiary/aromatic N) is 2. The Bertz CT molecular complexity index is 1110. The molecule has 1 unspecified atom stereocenters. The van der Waals surface area contributed by atoms with Gasteiger partial charge in [0.1, 0.15) is 17.3 Å². The summed E-state index contributed by atoms with van der Waals surface area (Å²) < 4.78 is 44.1. The largest absolute Gasteiger partial charge is 0.435 e. The number of aryl methyl sites for hydroxylation is 1. The second-order valence-corrected chi connectivity index (χ2v) is 6.50. The zero-order valence-electron chi connectivity index (χ0n) is 16.1. The molecule has 0 radical (unpaired) electrons. The maximum atomic E-state index is 14.1. The lowest BCUT2D eigenvalue weighted by molar-refractivity contribution is -0.0498. The Hall–Kier alpha value is -3.62. The molecule has 0 aliphatic rings. The summed E-state index contributed by atoms with van der Waals surface area (Å²) >= 11 is 0. The van der Waals surface area contributed by atoms with Gasteiger partial charge < -0.3 is 10.1 Å². The lowest BCUT2D eigenvalue weighted by atomic mass is 10.1. The number of benzene rings is 2. The Balaban J connectivity index is 1.84. The molecule has 0 aliphatic carbocycles. The topological polar surface area (TPSA) is 73.2 Å². The van der Waals surface area contributed by atoms with Gasteiger partial charge in [0.15, 0.2) is 5.69 Å². The molecule has 0 spiro atoms. The number of nitrogens with one attached hydrogen (secondary N) is 1. The summed E-state index contributed by atoms with van der Waals surface area (Å²) in [5.74, 6) is -1.31. The molecule has 1 N–H and O–H groups in total. The van der Waals surface area contributed by atoms with Crippen molar-refractivity contribution in [1.29, 1.82) is 0 Å². The fraction of sp³-hybridized carbons (Fsp3) is 0.190. The first-order valence-corrected chi connectivity index (χ1v) is 8.98. The van der Waals surface area contributed by atoms with Crippen LogP contribution in [0.15, 0.2) is 59.4 Å². The van der Waals surface area contributed by atoms with E-state index in [2.05, 4.69) is 15.2 Å². The molecule has 0 aliphatic heterocycles. The number of hydrogen-bond acceptors (Lipinski definition) is 4. The van der Waals surface area contributed by atoms with E-state index in [0.717, 1.165) is 0 Å². The minimum absolute atomic E-state index is 0.0137. The lowest BCUT2D eigenvalue weighted by Crippen LogP contribution is -2.33. The molecular weight excluding hydrogens is 399 g/mol. The van der Waals surface area contributed by atoms with E-state index in [-0.39, 0.29) is 11.4 Å². The van der Waals surface area contributed by atoms with Crippen LogP contribution in [-0.2, 0) is 0 Å². The number of amides is 1. The molecule has 3 aromatic rings. The molecular formula is C21H18F3N3O3. The molecule has 2 aromatic carbocycles. The quantitative estimate of drug-likeness (QED) is 0.663. The summed E-state index contributed by atoms with van der Waals surface area (Å²) in [5, 5.41) is 6.67. The SMILES string of the molecule is Cc1cc(=O)c(C(=O)NC(C)c2ccc(OC(F)F)cc2)nn1-c1ccccc1F. The van der Waals surface area contributed by atoms with Crippen molar-refractivity contribution >= 4 is 5.91 Å². The number of carbonyl (C=O) groups is 1. The van der Waals surface area contributed by atoms with E-state index in [0.29, 0.717) is 11.3 Å². The summed E-state index contributed by atoms with van der Waals surface area (Å²) in [7, 11) is 0. The van der Waals surface area contributed by atoms with Crippen LogP contribution in [-0.4, -0.2) is 22.3 Å². The van der Waals surface area contributed by atoms with Crippen molar-refractivity contribution in [3.05, 3.63) is 87.6 Å². The first-order valence-electron chi connectivity index (χ1n) is 8.98. The molecule has 1 heterocycles. The molecule has 156 valence electrons. The van der Waals surface area contributed by atoms with Gasteiger partial charge in [0.25, 0.3) is 5.91 Å². The highest BCUT2D eigenvalue weighted by Gasteiger charge is 2.19. The standard InChI is InChI=1S/C21H18F3N3O3/c1-12-11-18(28)19(26-27(12)17-6-4-3-5-16(17)22)20(29)25-13(2)14-7-9-15(10-8-14)30-21(23)24/h3-11,13,21H,1-2H3,(H,25,29). The van der Waals surface area contributed by atoms with E-state index >= 15 is 0 Å². The zero-order chi connectivity index (χ0) is 21.8. The first-order chi connectivity index (χ1) is 14.3. The van der Waals surface area contributed by atoms with E-state index in [4.69, 9.17) is 0 Å². The average molecular weight is 417 g/mol. The van der Waals surface area contributed by atoms with Crippen molar-refractivity contribution in [2.24, 2.45) is 0 Å². The van der Waals surface area contributed by atoms with Crippen LogP contribution in [0.2, 0.25) is 0 Å². The van der Waals surface area contributed by atoms with Gasteiger partial charge >= 0.3 is 6.61 Å². The number of carbonyl (C=O) groups excluding carboxylic acids is 1. The van der Waals surface area contributed by atoms with Gasteiger partial charge in [0, 0.05) is 11.8 Å². The van der Waals surface area contributed by atoms with Gasteiger partial charge in [-0.2, -0.15) is 13.9 Å². The van der Waals surface area contributed by atoms with E-state index in [1.54, 1.807) is 19.9 Å². The Morgan fingerprint density at radius 2 is 1.80 bits per heavy atom. The van der Waals surface area contributed by atoms with Crippen molar-refractivity contribution in [1.82, 2.24) is 15.1 Å². The van der Waals surface area contributed by atoms with E-state index in [1.807, 2.05) is 0 Å². The highest BCUT2D eigenvalue weighted by molar-refractivity contribution is 5.92. The molecule has 30 heavy (non-hydrogen) atoms. The maximum absolute atomic E-state index is 14.1. The molecule has 0 fully saturated rings. The van der Waals surface area contributed by atoms with Crippen LogP contribution in [0, 0.1) is 12.7 Å². The monoisotopic (exact) mass is 417 g/mol. The molecule has 3 rings (SSSR count). The molecule has 6 nitrogen and oxygen atoms in total. The van der Waals surface area contributed by atoms with E-state index < -0.39 is 35.5 Å². The molecule has 1 atom stereocenters. The highest BCUT2D eigenvalue weighted by Crippen LogP contribution is 2.19. The Kier molecular flexibility index (Phi) is 6.20. The molecule has 0 bridgehead atoms. The second-order valence-electron chi connectivity index (χ2n) is 6.50. The van der Waals surface area contributed by atoms with Gasteiger partial charge in [-0.1, -0.05) is 24.3 Å². The van der Waals surface area contributed by atoms with Crippen molar-refractivity contribution in [2.45, 2.75) is 26.5 Å². The minimum Gasteiger partial charge on any atom is -0.435 e. The number of ether oxygens (including phenoxy) is 1. The normalized spacial score (nSPS) is 11.9. The molecule has 1 amide bonds. The zero-order valence-corrected chi connectivity index (χ0v) is 16.1. The van der Waals surface area contributed by atoms with E-state index in [9.17, 15) is 22.8 Å². The average Bonchev–Trinajstić information content (AvgIpc) is 2.69. The maximum Gasteiger partial charge on any atom is 0.387 e. The van der Waals surface area contributed by atoms with Gasteiger partial charge in [-0.15, -0.1) is 0 Å². The first kappa shape index (κ1) is 21.1. The van der Waals surface area contributed by atoms with Gasteiger partial charge in [0.2, 0.25) is 5.43 Å². The molecule has 1 aromatic heterocycles. The fourth-order valence-electron chi connectivity index (χ4n) is 2.86. The Labute approximate surface area is 169 Å². The van der Waals surface area contributed by atoms with Crippen molar-refractivity contribution in [3.8, 4) is 11.4 Å². The number of para-hydroxylation sites is 1. The van der Waals surface area contributed by atoms with Crippen LogP contribution in [0.4, 0.5) is 13.2 Å². The third-order valence-electron chi connectivity index (χ3n) is 4.36. The number of halogens is 3. The molecule has 0 saturated heterocycles. The number of aromatic nitrogens is 2. The second kappa shape index (κ2) is 8.81. The van der Waals surface area contributed by atoms with Crippen LogP contribution < -0.4 is 15.5 Å². The molecule has 9 heteroatoms. The molecule has 0 saturated carbocycles. The Morgan fingerprint density at radius 3 is 2.43 bits per heavy atom. The lowest BCUT2D eigenvalue weighted by Gasteiger charge is -2.16. The third-order valence-corrected chi connectivity index (χ3v) is 4.36. The highest BCUT2D eigenvalue weighted by atomic mass is 19.3. The number of alkyl halides is 2. The minimum atomic E-state index is -2.93. The summed E-state index contributed by atoms with van der Waals surface area (Å²) in [6.45, 7) is 0.302. The van der Waals surface area contributed by atoms with Crippen LogP contribution in [0.3, 0.4) is 0 Å². The van der Waals surface area contributed by atoms with Crippen LogP contribution in [0.1, 0.15) is 34.7 Å². The van der Waals surface area contributed by atoms with Crippen molar-refractivity contribution in [2.75, 3.05) is 0 Å². The van der Waals surface area contributed by atoms with Gasteiger partial charge in [-0.25, -0.2) is 9.07 Å². The third kappa shape index (κ3) is 4.68. The predicted octanol–water partition coefficient (Wildman–Crippen LogP) is 3.77. The van der Waals surface area contributed by atoms with Gasteiger partial charge in [-0.05, 0) is 43.7 Å². The van der Waals surface area contributed by atoms with Crippen molar-refractivity contribution < 1.29 is 22.7 Å². The number of hydrogen-bond donors (Lipinski definition) is 1. The summed E-state index contributed by atoms with van der Waals surface area (Å²) in [4.78, 5) is 24.9. The smallest absolute Gasteiger partial charge is 0.387 e. The van der Waals surface area contributed by atoms with Crippen LogP contribution >= 0.6 is 0 Å². The van der Waals surface area contributed by atoms with Gasteiger partial charge in [-0.3, -0.25) is 9.59 Å². The fourth-order valence-corrected chi connectivity index (χ4v) is 2.86. The predicted molar refractivity (Wildman–Crippen MR) is 103 cm³/mol. The van der Waals surface area contributed by atoms with Crippen LogP contribution in [0.5, 0.6) is 5.75 Å². The summed E-state index contributed by atoms with van der Waals surface area (Å²) in [6.07, 6.45) is 0. The Morgan fingerprint density at radius 1 is 1.13 bits per heavy atom. The van der Waals surface area contributed by atoms with Gasteiger partial charge in [0.05, 0.1) is 6.04 Å². The van der Waals surface area contributed by atoms with Crippen LogP contribution in [0.25, 0.3) is 5.69 Å². The number of rotatable bonds is 6.